The number of carboxylic acids is 1. The summed E-state index contributed by atoms with van der Waals surface area (Å²) in [4.78, 5) is 37.6. The molecule has 1 aliphatic heterocycles. The number of ether oxygens (including phenoxy) is 2. The highest BCUT2D eigenvalue weighted by molar-refractivity contribution is 5.97. The normalized spacial score (nSPS) is 18.1. The number of methoxy groups -OCH3 is 1. The van der Waals surface area contributed by atoms with Gasteiger partial charge in [-0.15, -0.1) is 0 Å². The van der Waals surface area contributed by atoms with Crippen LogP contribution in [0.5, 0.6) is 11.5 Å². The van der Waals surface area contributed by atoms with E-state index in [1.54, 1.807) is 24.3 Å². The monoisotopic (exact) mass is 412 g/mol. The number of carboxylic acid groups (broad SMARTS) is 1. The van der Waals surface area contributed by atoms with Crippen LogP contribution in [0.4, 0.5) is 0 Å². The van der Waals surface area contributed by atoms with Gasteiger partial charge < -0.3 is 24.8 Å². The molecule has 0 radical (unpaired) electrons. The van der Waals surface area contributed by atoms with E-state index in [4.69, 9.17) is 9.47 Å². The Hall–Kier alpha value is -3.39. The molecule has 2 amide bonds. The number of nitrogens with zero attached hydrogens (tertiary/aromatic N) is 1. The Balaban J connectivity index is 1.54. The minimum Gasteiger partial charge on any atom is -0.480 e. The number of likely N-dealkylation sites (tertiary alicyclic amines) is 1. The molecule has 2 atom stereocenters. The number of nitrogens with one attached hydrogen (secondary N) is 1. The first-order valence-corrected chi connectivity index (χ1v) is 9.60. The van der Waals surface area contributed by atoms with E-state index >= 15 is 0 Å². The average Bonchev–Trinajstić information content (AvgIpc) is 3.18. The summed E-state index contributed by atoms with van der Waals surface area (Å²) in [5.41, 5.74) is 0.372. The van der Waals surface area contributed by atoms with Crippen LogP contribution in [0.1, 0.15) is 16.8 Å². The first-order chi connectivity index (χ1) is 14.5. The molecule has 0 bridgehead atoms. The van der Waals surface area contributed by atoms with E-state index in [0.717, 1.165) is 0 Å². The predicted octanol–water partition coefficient (Wildman–Crippen LogP) is 2.16. The van der Waals surface area contributed by atoms with Gasteiger partial charge in [-0.25, -0.2) is 4.79 Å². The summed E-state index contributed by atoms with van der Waals surface area (Å²) >= 11 is 0. The zero-order valence-corrected chi connectivity index (χ0v) is 16.6. The van der Waals surface area contributed by atoms with Crippen LogP contribution in [0.3, 0.4) is 0 Å². The van der Waals surface area contributed by atoms with Crippen LogP contribution in [-0.2, 0) is 14.3 Å². The van der Waals surface area contributed by atoms with E-state index in [-0.39, 0.29) is 12.5 Å². The van der Waals surface area contributed by atoms with E-state index in [1.165, 1.54) is 12.0 Å². The second kappa shape index (κ2) is 9.89. The topological polar surface area (TPSA) is 105 Å². The number of para-hydroxylation sites is 1. The van der Waals surface area contributed by atoms with E-state index in [9.17, 15) is 19.5 Å². The van der Waals surface area contributed by atoms with Crippen LogP contribution in [0.2, 0.25) is 0 Å². The van der Waals surface area contributed by atoms with Crippen molar-refractivity contribution in [3.05, 3.63) is 60.2 Å². The van der Waals surface area contributed by atoms with E-state index in [2.05, 4.69) is 5.32 Å². The molecule has 0 saturated carbocycles. The smallest absolute Gasteiger partial charge is 0.326 e. The molecule has 0 aliphatic carbocycles. The summed E-state index contributed by atoms with van der Waals surface area (Å²) in [6, 6.07) is 14.9. The zero-order valence-electron chi connectivity index (χ0n) is 16.6. The van der Waals surface area contributed by atoms with Crippen LogP contribution in [0.15, 0.2) is 54.6 Å². The molecule has 1 saturated heterocycles. The summed E-state index contributed by atoms with van der Waals surface area (Å²) in [6.45, 7) is 0.410. The SMILES string of the molecule is COCC1C[C@H](C(=O)O)N(C(=O)CNC(=O)c2ccc(Oc3ccccc3)cc2)C1. The molecule has 0 aromatic heterocycles. The van der Waals surface area contributed by atoms with Gasteiger partial charge in [-0.05, 0) is 42.8 Å². The van der Waals surface area contributed by atoms with Gasteiger partial charge in [0.05, 0.1) is 13.2 Å². The predicted molar refractivity (Wildman–Crippen MR) is 108 cm³/mol. The fourth-order valence-corrected chi connectivity index (χ4v) is 3.45. The fraction of sp³-hybridized carbons (Fsp3) is 0.318. The number of rotatable bonds is 8. The van der Waals surface area contributed by atoms with Crippen molar-refractivity contribution in [2.75, 3.05) is 26.8 Å². The van der Waals surface area contributed by atoms with Crippen molar-refractivity contribution in [3.8, 4) is 11.5 Å². The van der Waals surface area contributed by atoms with Crippen molar-refractivity contribution in [3.63, 3.8) is 0 Å². The van der Waals surface area contributed by atoms with Gasteiger partial charge in [0.1, 0.15) is 17.5 Å². The largest absolute Gasteiger partial charge is 0.480 e. The Bertz CT molecular complexity index is 884. The number of carbonyl (C=O) groups is 3. The molecular formula is C22H24N2O6. The third-order valence-corrected chi connectivity index (χ3v) is 4.89. The summed E-state index contributed by atoms with van der Waals surface area (Å²) < 4.78 is 10.8. The number of hydrogen-bond acceptors (Lipinski definition) is 5. The van der Waals surface area contributed by atoms with Gasteiger partial charge in [-0.1, -0.05) is 18.2 Å². The number of hydrogen-bond donors (Lipinski definition) is 2. The molecule has 3 rings (SSSR count). The minimum absolute atomic E-state index is 0.0343. The van der Waals surface area contributed by atoms with Crippen molar-refractivity contribution in [2.45, 2.75) is 12.5 Å². The van der Waals surface area contributed by atoms with Crippen LogP contribution < -0.4 is 10.1 Å². The lowest BCUT2D eigenvalue weighted by atomic mass is 10.1. The third kappa shape index (κ3) is 5.36. The lowest BCUT2D eigenvalue weighted by Gasteiger charge is -2.21. The molecule has 2 N–H and O–H groups in total. The highest BCUT2D eigenvalue weighted by Crippen LogP contribution is 2.24. The van der Waals surface area contributed by atoms with Crippen LogP contribution >= 0.6 is 0 Å². The Labute approximate surface area is 174 Å². The second-order valence-electron chi connectivity index (χ2n) is 7.08. The minimum atomic E-state index is -1.05. The molecule has 8 heteroatoms. The molecule has 1 unspecified atom stereocenters. The molecule has 30 heavy (non-hydrogen) atoms. The maximum Gasteiger partial charge on any atom is 0.326 e. The summed E-state index contributed by atoms with van der Waals surface area (Å²) in [7, 11) is 1.54. The van der Waals surface area contributed by atoms with Gasteiger partial charge in [0.2, 0.25) is 5.91 Å². The summed E-state index contributed by atoms with van der Waals surface area (Å²) in [5, 5.41) is 11.9. The molecule has 1 heterocycles. The Morgan fingerprint density at radius 3 is 2.37 bits per heavy atom. The van der Waals surface area contributed by atoms with E-state index in [1.807, 2.05) is 30.3 Å². The van der Waals surface area contributed by atoms with Crippen molar-refractivity contribution in [1.29, 1.82) is 0 Å². The molecule has 0 spiro atoms. The maximum absolute atomic E-state index is 12.5. The van der Waals surface area contributed by atoms with E-state index < -0.39 is 23.8 Å². The molecule has 2 aromatic rings. The van der Waals surface area contributed by atoms with Crippen LogP contribution in [-0.4, -0.2) is 60.6 Å². The molecule has 1 aliphatic rings. The molecule has 2 aromatic carbocycles. The van der Waals surface area contributed by atoms with Gasteiger partial charge in [0, 0.05) is 25.1 Å². The molecule has 158 valence electrons. The Morgan fingerprint density at radius 2 is 1.73 bits per heavy atom. The van der Waals surface area contributed by atoms with Crippen molar-refractivity contribution >= 4 is 17.8 Å². The first-order valence-electron chi connectivity index (χ1n) is 9.60. The lowest BCUT2D eigenvalue weighted by Crippen LogP contribution is -2.45. The molecular weight excluding hydrogens is 388 g/mol. The first kappa shape index (κ1) is 21.3. The second-order valence-corrected chi connectivity index (χ2v) is 7.08. The van der Waals surface area contributed by atoms with Crippen LogP contribution in [0, 0.1) is 5.92 Å². The van der Waals surface area contributed by atoms with E-state index in [0.29, 0.717) is 36.6 Å². The number of benzene rings is 2. The van der Waals surface area contributed by atoms with Gasteiger partial charge in [0.25, 0.3) is 5.91 Å². The zero-order chi connectivity index (χ0) is 21.5. The maximum atomic E-state index is 12.5. The Kier molecular flexibility index (Phi) is 7.03. The van der Waals surface area contributed by atoms with Crippen molar-refractivity contribution in [1.82, 2.24) is 10.2 Å². The Morgan fingerprint density at radius 1 is 1.07 bits per heavy atom. The van der Waals surface area contributed by atoms with Gasteiger partial charge in [-0.3, -0.25) is 9.59 Å². The average molecular weight is 412 g/mol. The van der Waals surface area contributed by atoms with Gasteiger partial charge in [0.15, 0.2) is 0 Å². The molecule has 8 nitrogen and oxygen atoms in total. The summed E-state index contributed by atoms with van der Waals surface area (Å²) in [6.07, 6.45) is 0.339. The van der Waals surface area contributed by atoms with Gasteiger partial charge in [-0.2, -0.15) is 0 Å². The number of aliphatic carboxylic acids is 1. The fourth-order valence-electron chi connectivity index (χ4n) is 3.45. The van der Waals surface area contributed by atoms with Crippen molar-refractivity contribution < 1.29 is 29.0 Å². The lowest BCUT2D eigenvalue weighted by molar-refractivity contribution is -0.147. The van der Waals surface area contributed by atoms with Crippen LogP contribution in [0.25, 0.3) is 0 Å². The quantitative estimate of drug-likeness (QED) is 0.688. The standard InChI is InChI=1S/C22H24N2O6/c1-29-14-15-11-19(22(27)28)24(13-15)20(25)12-23-21(26)16-7-9-18(10-8-16)30-17-5-3-2-4-6-17/h2-10,15,19H,11-14H2,1H3,(H,23,26)(H,27,28)/t15?,19-/m1/s1. The van der Waals surface area contributed by atoms with Gasteiger partial charge >= 0.3 is 5.97 Å². The van der Waals surface area contributed by atoms with Crippen molar-refractivity contribution in [2.24, 2.45) is 5.92 Å². The summed E-state index contributed by atoms with van der Waals surface area (Å²) in [5.74, 6) is -0.673. The highest BCUT2D eigenvalue weighted by Gasteiger charge is 2.39. The number of carbonyl (C=O) groups excluding carboxylic acids is 2. The number of amides is 2. The highest BCUT2D eigenvalue weighted by atomic mass is 16.5. The third-order valence-electron chi connectivity index (χ3n) is 4.89. The molecule has 1 fully saturated rings.